The minimum atomic E-state index is -0.475. The number of carbonyl (C=O) groups excluding carboxylic acids is 1. The van der Waals surface area contributed by atoms with Gasteiger partial charge in [0, 0.05) is 28.2 Å². The van der Waals surface area contributed by atoms with Crippen molar-refractivity contribution in [3.05, 3.63) is 45.7 Å². The number of benzene rings is 1. The molecule has 1 fully saturated rings. The van der Waals surface area contributed by atoms with Crippen LogP contribution in [0.15, 0.2) is 29.3 Å². The molecule has 2 aromatic rings. The Labute approximate surface area is 205 Å². The lowest BCUT2D eigenvalue weighted by molar-refractivity contribution is 0.164. The molecule has 0 aliphatic carbocycles. The molecule has 33 heavy (non-hydrogen) atoms. The number of aliphatic imine (C=N–C) groups is 1. The van der Waals surface area contributed by atoms with Gasteiger partial charge in [0.15, 0.2) is 0 Å². The van der Waals surface area contributed by atoms with E-state index in [1.807, 2.05) is 19.9 Å². The van der Waals surface area contributed by atoms with Crippen LogP contribution in [0.2, 0.25) is 10.0 Å². The highest BCUT2D eigenvalue weighted by molar-refractivity contribution is 6.42. The number of hydrogen-bond donors (Lipinski definition) is 4. The molecule has 4 N–H and O–H groups in total. The number of aryl methyl sites for hydroxylation is 2. The van der Waals surface area contributed by atoms with Crippen LogP contribution >= 0.6 is 23.2 Å². The molecule has 3 rings (SSSR count). The van der Waals surface area contributed by atoms with Crippen LogP contribution in [0.25, 0.3) is 0 Å². The molecular formula is C23H31Cl2N7O. The predicted octanol–water partition coefficient (Wildman–Crippen LogP) is 5.30. The van der Waals surface area contributed by atoms with Crippen LogP contribution in [0.3, 0.4) is 0 Å². The molecule has 1 saturated heterocycles. The maximum atomic E-state index is 12.8. The number of hydrogen-bond acceptors (Lipinski definition) is 5. The lowest BCUT2D eigenvalue weighted by Crippen LogP contribution is -2.59. The number of piperidine rings is 1. The number of guanidine groups is 1. The number of carbonyl (C=O) groups is 1. The standard InChI is InChI=1S/C23H31Cl2N7O/c1-13-9-14(2)27-19(26-13)30-20(28-16-11-22(3,4)32-23(5,6)12-16)31-21(33)29-15-7-8-17(24)18(25)10-15/h7-10,16,32H,11-12H2,1-6H3,(H3,26,27,28,29,30,31,33). The van der Waals surface area contributed by atoms with Crippen molar-refractivity contribution in [1.29, 1.82) is 0 Å². The smallest absolute Gasteiger partial charge is 0.308 e. The summed E-state index contributed by atoms with van der Waals surface area (Å²) in [6.45, 7) is 12.4. The number of amides is 2. The summed E-state index contributed by atoms with van der Waals surface area (Å²) < 4.78 is 0. The van der Waals surface area contributed by atoms with Crippen LogP contribution in [0.4, 0.5) is 16.4 Å². The van der Waals surface area contributed by atoms with Crippen molar-refractivity contribution in [3.8, 4) is 0 Å². The Balaban J connectivity index is 1.84. The van der Waals surface area contributed by atoms with E-state index in [2.05, 4.69) is 58.9 Å². The van der Waals surface area contributed by atoms with Crippen molar-refractivity contribution in [2.45, 2.75) is 71.5 Å². The van der Waals surface area contributed by atoms with Crippen LogP contribution in [0, 0.1) is 13.8 Å². The summed E-state index contributed by atoms with van der Waals surface area (Å²) in [5, 5.41) is 13.0. The summed E-state index contributed by atoms with van der Waals surface area (Å²) in [5.41, 5.74) is 1.94. The molecule has 1 aliphatic heterocycles. The summed E-state index contributed by atoms with van der Waals surface area (Å²) in [6, 6.07) is 6.26. The Kier molecular flexibility index (Phi) is 7.51. The van der Waals surface area contributed by atoms with Gasteiger partial charge in [-0.25, -0.2) is 19.8 Å². The van der Waals surface area contributed by atoms with Crippen molar-refractivity contribution in [2.75, 3.05) is 10.6 Å². The molecule has 10 heteroatoms. The molecule has 178 valence electrons. The Morgan fingerprint density at radius 2 is 1.61 bits per heavy atom. The Morgan fingerprint density at radius 3 is 2.18 bits per heavy atom. The molecule has 2 amide bonds. The SMILES string of the molecule is Cc1cc(C)nc(NC(=NC2CC(C)(C)NC(C)(C)C2)NC(=O)Nc2ccc(Cl)c(Cl)c2)n1. The Hall–Kier alpha value is -2.42. The lowest BCUT2D eigenvalue weighted by atomic mass is 9.80. The van der Waals surface area contributed by atoms with E-state index in [1.54, 1.807) is 18.2 Å². The summed E-state index contributed by atoms with van der Waals surface area (Å²) in [4.78, 5) is 26.5. The fraction of sp³-hybridized carbons (Fsp3) is 0.478. The van der Waals surface area contributed by atoms with E-state index in [-0.39, 0.29) is 23.1 Å². The van der Waals surface area contributed by atoms with E-state index in [4.69, 9.17) is 28.2 Å². The molecule has 0 unspecified atom stereocenters. The zero-order chi connectivity index (χ0) is 24.4. The highest BCUT2D eigenvalue weighted by Gasteiger charge is 2.37. The normalized spacial score (nSPS) is 18.0. The molecule has 8 nitrogen and oxygen atoms in total. The topological polar surface area (TPSA) is 103 Å². The fourth-order valence-corrected chi connectivity index (χ4v) is 4.67. The third-order valence-corrected chi connectivity index (χ3v) is 5.84. The number of rotatable bonds is 3. The molecular weight excluding hydrogens is 461 g/mol. The third-order valence-electron chi connectivity index (χ3n) is 5.10. The van der Waals surface area contributed by atoms with Gasteiger partial charge in [0.25, 0.3) is 0 Å². The predicted molar refractivity (Wildman–Crippen MR) is 135 cm³/mol. The molecule has 0 bridgehead atoms. The van der Waals surface area contributed by atoms with Crippen molar-refractivity contribution in [1.82, 2.24) is 20.6 Å². The zero-order valence-corrected chi connectivity index (χ0v) is 21.3. The van der Waals surface area contributed by atoms with E-state index < -0.39 is 6.03 Å². The second kappa shape index (κ2) is 9.83. The van der Waals surface area contributed by atoms with Crippen molar-refractivity contribution >= 4 is 46.8 Å². The second-order valence-corrected chi connectivity index (χ2v) is 10.6. The van der Waals surface area contributed by atoms with Gasteiger partial charge in [-0.2, -0.15) is 0 Å². The largest absolute Gasteiger partial charge is 0.326 e. The van der Waals surface area contributed by atoms with Gasteiger partial charge in [0.1, 0.15) is 0 Å². The Morgan fingerprint density at radius 1 is 1.00 bits per heavy atom. The van der Waals surface area contributed by atoms with Gasteiger partial charge >= 0.3 is 6.03 Å². The maximum absolute atomic E-state index is 12.8. The average molecular weight is 492 g/mol. The number of anilines is 2. The van der Waals surface area contributed by atoms with Crippen LogP contribution in [-0.4, -0.2) is 39.1 Å². The van der Waals surface area contributed by atoms with Gasteiger partial charge in [-0.3, -0.25) is 10.6 Å². The second-order valence-electron chi connectivity index (χ2n) is 9.74. The van der Waals surface area contributed by atoms with Gasteiger partial charge < -0.3 is 10.6 Å². The minimum Gasteiger partial charge on any atom is -0.308 e. The fourth-order valence-electron chi connectivity index (χ4n) is 4.37. The number of aromatic nitrogens is 2. The quantitative estimate of drug-likeness (QED) is 0.344. The monoisotopic (exact) mass is 491 g/mol. The molecule has 0 saturated carbocycles. The van der Waals surface area contributed by atoms with Crippen LogP contribution < -0.4 is 21.3 Å². The number of halogens is 2. The van der Waals surface area contributed by atoms with Crippen molar-refractivity contribution in [3.63, 3.8) is 0 Å². The van der Waals surface area contributed by atoms with Crippen LogP contribution in [0.5, 0.6) is 0 Å². The van der Waals surface area contributed by atoms with E-state index in [9.17, 15) is 4.79 Å². The highest BCUT2D eigenvalue weighted by atomic mass is 35.5. The Bertz CT molecular complexity index is 1030. The summed E-state index contributed by atoms with van der Waals surface area (Å²) in [6.07, 6.45) is 1.62. The molecule has 1 aromatic carbocycles. The molecule has 0 radical (unpaired) electrons. The van der Waals surface area contributed by atoms with E-state index in [0.717, 1.165) is 24.2 Å². The first-order chi connectivity index (χ1) is 15.3. The molecule has 1 aromatic heterocycles. The first-order valence-electron chi connectivity index (χ1n) is 10.8. The number of nitrogens with one attached hydrogen (secondary N) is 4. The van der Waals surface area contributed by atoms with E-state index in [0.29, 0.717) is 21.7 Å². The minimum absolute atomic E-state index is 0.0186. The molecule has 0 atom stereocenters. The summed E-state index contributed by atoms with van der Waals surface area (Å²) in [5.74, 6) is 0.643. The average Bonchev–Trinajstić information content (AvgIpc) is 2.61. The van der Waals surface area contributed by atoms with Crippen molar-refractivity contribution < 1.29 is 4.79 Å². The van der Waals surface area contributed by atoms with E-state index >= 15 is 0 Å². The zero-order valence-electron chi connectivity index (χ0n) is 19.8. The van der Waals surface area contributed by atoms with Crippen LogP contribution in [-0.2, 0) is 0 Å². The maximum Gasteiger partial charge on any atom is 0.326 e. The van der Waals surface area contributed by atoms with Gasteiger partial charge in [-0.15, -0.1) is 0 Å². The highest BCUT2D eigenvalue weighted by Crippen LogP contribution is 2.30. The molecule has 2 heterocycles. The summed E-state index contributed by atoms with van der Waals surface area (Å²) >= 11 is 12.0. The summed E-state index contributed by atoms with van der Waals surface area (Å²) in [7, 11) is 0. The third kappa shape index (κ3) is 7.55. The van der Waals surface area contributed by atoms with E-state index in [1.165, 1.54) is 0 Å². The van der Waals surface area contributed by atoms with Gasteiger partial charge in [0.2, 0.25) is 11.9 Å². The van der Waals surface area contributed by atoms with Crippen molar-refractivity contribution in [2.24, 2.45) is 4.99 Å². The van der Waals surface area contributed by atoms with Gasteiger partial charge in [-0.05, 0) is 78.6 Å². The first kappa shape index (κ1) is 25.2. The van der Waals surface area contributed by atoms with Crippen LogP contribution in [0.1, 0.15) is 51.9 Å². The molecule has 1 aliphatic rings. The molecule has 0 spiro atoms. The lowest BCUT2D eigenvalue weighted by Gasteiger charge is -2.45. The number of urea groups is 1. The first-order valence-corrected chi connectivity index (χ1v) is 11.6. The van der Waals surface area contributed by atoms with Gasteiger partial charge in [0.05, 0.1) is 16.1 Å². The van der Waals surface area contributed by atoms with Gasteiger partial charge in [-0.1, -0.05) is 23.2 Å². The number of nitrogens with zero attached hydrogens (tertiary/aromatic N) is 3.